The number of aliphatic imine (C=N–C) groups is 1. The van der Waals surface area contributed by atoms with Crippen LogP contribution >= 0.6 is 0 Å². The molecule has 2 aromatic rings. The minimum Gasteiger partial charge on any atom is -0.508 e. The minimum atomic E-state index is -1.10. The molecule has 0 aliphatic heterocycles. The second-order valence-corrected chi connectivity index (χ2v) is 10.3. The molecule has 13 heteroatoms. The third kappa shape index (κ3) is 10.7. The number of amides is 4. The zero-order chi connectivity index (χ0) is 31.4. The Balaban J connectivity index is 2.16. The number of benzene rings is 2. The Labute approximate surface area is 245 Å². The third-order valence-electron chi connectivity index (χ3n) is 6.72. The van der Waals surface area contributed by atoms with E-state index in [0.29, 0.717) is 13.0 Å². The van der Waals surface area contributed by atoms with E-state index in [0.717, 1.165) is 22.3 Å². The molecule has 0 saturated carbocycles. The van der Waals surface area contributed by atoms with Crippen molar-refractivity contribution in [3.05, 3.63) is 64.7 Å². The van der Waals surface area contributed by atoms with Crippen molar-refractivity contribution in [3.63, 3.8) is 0 Å². The molecule has 0 unspecified atom stereocenters. The Morgan fingerprint density at radius 1 is 0.857 bits per heavy atom. The number of guanidine groups is 1. The number of rotatable bonds is 15. The molecule has 13 nitrogen and oxygen atoms in total. The molecular weight excluding hydrogens is 540 g/mol. The number of aromatic hydroxyl groups is 1. The summed E-state index contributed by atoms with van der Waals surface area (Å²) in [6, 6.07) is 8.07. The highest BCUT2D eigenvalue weighted by atomic mass is 16.3. The number of phenolic OH excluding ortho intramolecular Hbond substituents is 1. The fraction of sp³-hybridized carbons (Fsp3) is 0.414. The number of carbonyl (C=O) groups is 4. The third-order valence-corrected chi connectivity index (χ3v) is 6.72. The molecule has 4 amide bonds. The SMILES string of the molecule is Cc1cc(O)cc(C)c1C[C@H](NC(=O)[C@H](N)CCCN=C(N)N)C(=O)N[C@@H](C)C(=O)N[C@@H](Cc1ccccc1)C(N)=O. The first-order valence-electron chi connectivity index (χ1n) is 13.6. The van der Waals surface area contributed by atoms with E-state index < -0.39 is 47.8 Å². The van der Waals surface area contributed by atoms with E-state index in [1.54, 1.807) is 50.2 Å². The molecule has 0 aromatic heterocycles. The van der Waals surface area contributed by atoms with Crippen LogP contribution in [0.2, 0.25) is 0 Å². The van der Waals surface area contributed by atoms with Crippen LogP contribution in [0.25, 0.3) is 0 Å². The summed E-state index contributed by atoms with van der Waals surface area (Å²) in [6.07, 6.45) is 0.966. The highest BCUT2D eigenvalue weighted by molar-refractivity contribution is 5.94. The van der Waals surface area contributed by atoms with Gasteiger partial charge in [0.25, 0.3) is 0 Å². The van der Waals surface area contributed by atoms with Crippen LogP contribution < -0.4 is 38.9 Å². The van der Waals surface area contributed by atoms with E-state index in [-0.39, 0.29) is 31.0 Å². The second kappa shape index (κ2) is 16.0. The molecule has 228 valence electrons. The highest BCUT2D eigenvalue weighted by Crippen LogP contribution is 2.22. The van der Waals surface area contributed by atoms with Gasteiger partial charge in [-0.25, -0.2) is 0 Å². The van der Waals surface area contributed by atoms with Crippen LogP contribution in [0.4, 0.5) is 0 Å². The van der Waals surface area contributed by atoms with Crippen LogP contribution in [0.3, 0.4) is 0 Å². The van der Waals surface area contributed by atoms with Crippen molar-refractivity contribution in [1.82, 2.24) is 16.0 Å². The van der Waals surface area contributed by atoms with Crippen LogP contribution in [0.5, 0.6) is 5.75 Å². The molecule has 0 heterocycles. The lowest BCUT2D eigenvalue weighted by Crippen LogP contribution is -2.57. The summed E-state index contributed by atoms with van der Waals surface area (Å²) < 4.78 is 0. The number of phenols is 1. The lowest BCUT2D eigenvalue weighted by molar-refractivity contribution is -0.133. The van der Waals surface area contributed by atoms with Crippen LogP contribution in [-0.4, -0.2) is 65.4 Å². The molecule has 0 spiro atoms. The Kier molecular flexibility index (Phi) is 12.8. The van der Waals surface area contributed by atoms with E-state index in [1.165, 1.54) is 6.92 Å². The average Bonchev–Trinajstić information content (AvgIpc) is 2.91. The smallest absolute Gasteiger partial charge is 0.243 e. The van der Waals surface area contributed by atoms with E-state index >= 15 is 0 Å². The van der Waals surface area contributed by atoms with Crippen molar-refractivity contribution in [2.75, 3.05) is 6.54 Å². The maximum Gasteiger partial charge on any atom is 0.243 e. The molecule has 12 N–H and O–H groups in total. The predicted molar refractivity (Wildman–Crippen MR) is 160 cm³/mol. The quantitative estimate of drug-likeness (QED) is 0.0744. The van der Waals surface area contributed by atoms with Gasteiger partial charge in [0.1, 0.15) is 23.9 Å². The van der Waals surface area contributed by atoms with Gasteiger partial charge in [-0.1, -0.05) is 30.3 Å². The Morgan fingerprint density at radius 2 is 1.45 bits per heavy atom. The second-order valence-electron chi connectivity index (χ2n) is 10.3. The zero-order valence-electron chi connectivity index (χ0n) is 24.2. The normalized spacial score (nSPS) is 13.6. The number of primary amides is 1. The molecule has 4 atom stereocenters. The molecule has 0 fully saturated rings. The molecule has 2 rings (SSSR count). The maximum absolute atomic E-state index is 13.4. The molecule has 0 aliphatic carbocycles. The van der Waals surface area contributed by atoms with Crippen molar-refractivity contribution in [2.24, 2.45) is 27.9 Å². The van der Waals surface area contributed by atoms with E-state index in [2.05, 4.69) is 20.9 Å². The van der Waals surface area contributed by atoms with Gasteiger partial charge in [-0.3, -0.25) is 24.2 Å². The van der Waals surface area contributed by atoms with Crippen LogP contribution in [0, 0.1) is 13.8 Å². The largest absolute Gasteiger partial charge is 0.508 e. The molecule has 0 radical (unpaired) electrons. The Bertz CT molecular complexity index is 1260. The fourth-order valence-corrected chi connectivity index (χ4v) is 4.38. The lowest BCUT2D eigenvalue weighted by atomic mass is 9.95. The van der Waals surface area contributed by atoms with Gasteiger partial charge in [0.2, 0.25) is 23.6 Å². The highest BCUT2D eigenvalue weighted by Gasteiger charge is 2.29. The fourth-order valence-electron chi connectivity index (χ4n) is 4.38. The summed E-state index contributed by atoms with van der Waals surface area (Å²) in [5.41, 5.74) is 25.2. The summed E-state index contributed by atoms with van der Waals surface area (Å²) in [4.78, 5) is 55.2. The van der Waals surface area contributed by atoms with Crippen molar-refractivity contribution in [1.29, 1.82) is 0 Å². The van der Waals surface area contributed by atoms with Crippen molar-refractivity contribution < 1.29 is 24.3 Å². The Hall–Kier alpha value is -4.65. The summed E-state index contributed by atoms with van der Waals surface area (Å²) in [7, 11) is 0. The molecular formula is C29H42N8O5. The van der Waals surface area contributed by atoms with Crippen molar-refractivity contribution >= 4 is 29.6 Å². The van der Waals surface area contributed by atoms with Gasteiger partial charge in [-0.15, -0.1) is 0 Å². The van der Waals surface area contributed by atoms with Gasteiger partial charge >= 0.3 is 0 Å². The first-order valence-corrected chi connectivity index (χ1v) is 13.6. The van der Waals surface area contributed by atoms with E-state index in [9.17, 15) is 24.3 Å². The molecule has 0 aliphatic rings. The Morgan fingerprint density at radius 3 is 2.02 bits per heavy atom. The summed E-state index contributed by atoms with van der Waals surface area (Å²) >= 11 is 0. The van der Waals surface area contributed by atoms with Gasteiger partial charge in [0.05, 0.1) is 6.04 Å². The number of aryl methyl sites for hydroxylation is 2. The van der Waals surface area contributed by atoms with E-state index in [4.69, 9.17) is 22.9 Å². The minimum absolute atomic E-state index is 0.0650. The topological polar surface area (TPSA) is 241 Å². The molecule has 2 aromatic carbocycles. The van der Waals surface area contributed by atoms with Crippen molar-refractivity contribution in [3.8, 4) is 5.75 Å². The van der Waals surface area contributed by atoms with Crippen LogP contribution in [0.15, 0.2) is 47.5 Å². The van der Waals surface area contributed by atoms with Gasteiger partial charge < -0.3 is 44.0 Å². The number of nitrogens with one attached hydrogen (secondary N) is 3. The monoisotopic (exact) mass is 582 g/mol. The number of nitrogens with two attached hydrogens (primary N) is 4. The number of carbonyl (C=O) groups excluding carboxylic acids is 4. The maximum atomic E-state index is 13.4. The van der Waals surface area contributed by atoms with Crippen LogP contribution in [-0.2, 0) is 32.0 Å². The van der Waals surface area contributed by atoms with Gasteiger partial charge in [0, 0.05) is 19.4 Å². The lowest BCUT2D eigenvalue weighted by Gasteiger charge is -2.25. The number of hydrogen-bond acceptors (Lipinski definition) is 7. The van der Waals surface area contributed by atoms with Gasteiger partial charge in [-0.2, -0.15) is 0 Å². The first-order chi connectivity index (χ1) is 19.8. The standard InChI is InChI=1S/C29H42N8O5/c1-16-12-20(38)13-17(2)21(16)15-24(37-27(41)22(30)10-7-11-34-29(32)33)28(42)35-18(3)26(40)36-23(25(31)39)14-19-8-5-4-6-9-19/h4-6,8-9,12-13,18,22-24,38H,7,10-11,14-15,30H2,1-3H3,(H2,31,39)(H,35,42)(H,36,40)(H,37,41)(H4,32,33,34)/t18-,22+,23-,24-/m0/s1. The van der Waals surface area contributed by atoms with Gasteiger partial charge in [-0.05, 0) is 68.0 Å². The first kappa shape index (κ1) is 33.6. The average molecular weight is 583 g/mol. The zero-order valence-corrected chi connectivity index (χ0v) is 24.2. The summed E-state index contributed by atoms with van der Waals surface area (Å²) in [5.74, 6) is -2.53. The molecule has 42 heavy (non-hydrogen) atoms. The number of nitrogens with zero attached hydrogens (tertiary/aromatic N) is 1. The van der Waals surface area contributed by atoms with Gasteiger partial charge in [0.15, 0.2) is 5.96 Å². The molecule has 0 saturated heterocycles. The van der Waals surface area contributed by atoms with Crippen LogP contribution in [0.1, 0.15) is 42.0 Å². The summed E-state index contributed by atoms with van der Waals surface area (Å²) in [6.45, 7) is 5.31. The summed E-state index contributed by atoms with van der Waals surface area (Å²) in [5, 5.41) is 17.8. The molecule has 0 bridgehead atoms. The van der Waals surface area contributed by atoms with Crippen molar-refractivity contribution in [2.45, 2.75) is 70.6 Å². The predicted octanol–water partition coefficient (Wildman–Crippen LogP) is -0.865. The van der Waals surface area contributed by atoms with E-state index in [1.807, 2.05) is 6.07 Å². The number of hydrogen-bond donors (Lipinski definition) is 8.